The standard InChI is InChI=1S/C24H30Cl2N2OS/c1-3-15-30-28-13-11-20(12-14-28)19-9-7-18(8-10-19)16-17(2)27-24(29)23-21(25)5-4-6-22(23)26/h4-10,17,20H,3,11-16H2,1-2H3,(H,27,29). The Balaban J connectivity index is 1.51. The van der Waals surface area contributed by atoms with E-state index in [4.69, 9.17) is 23.2 Å². The first kappa shape index (κ1) is 23.5. The second kappa shape index (κ2) is 11.4. The number of carbonyl (C=O) groups excluding carboxylic acids is 1. The summed E-state index contributed by atoms with van der Waals surface area (Å²) in [6.45, 7) is 6.58. The Labute approximate surface area is 194 Å². The van der Waals surface area contributed by atoms with Crippen LogP contribution < -0.4 is 5.32 Å². The fraction of sp³-hybridized carbons (Fsp3) is 0.458. The fourth-order valence-electron chi connectivity index (χ4n) is 3.88. The zero-order chi connectivity index (χ0) is 21.5. The van der Waals surface area contributed by atoms with Crippen molar-refractivity contribution in [2.45, 2.75) is 51.5 Å². The molecular weight excluding hydrogens is 435 g/mol. The highest BCUT2D eigenvalue weighted by Gasteiger charge is 2.21. The van der Waals surface area contributed by atoms with Gasteiger partial charge in [0.25, 0.3) is 5.91 Å². The van der Waals surface area contributed by atoms with Gasteiger partial charge in [0.2, 0.25) is 0 Å². The third kappa shape index (κ3) is 6.40. The van der Waals surface area contributed by atoms with Gasteiger partial charge in [-0.05, 0) is 61.8 Å². The highest BCUT2D eigenvalue weighted by molar-refractivity contribution is 7.97. The van der Waals surface area contributed by atoms with Crippen LogP contribution in [0.2, 0.25) is 10.0 Å². The lowest BCUT2D eigenvalue weighted by Gasteiger charge is -2.31. The summed E-state index contributed by atoms with van der Waals surface area (Å²) >= 11 is 14.3. The summed E-state index contributed by atoms with van der Waals surface area (Å²) in [5.41, 5.74) is 2.98. The molecule has 2 aromatic rings. The first-order chi connectivity index (χ1) is 14.5. The number of hydrogen-bond acceptors (Lipinski definition) is 3. The van der Waals surface area contributed by atoms with E-state index in [9.17, 15) is 4.79 Å². The van der Waals surface area contributed by atoms with E-state index in [0.29, 0.717) is 21.5 Å². The molecular formula is C24H30Cl2N2OS. The van der Waals surface area contributed by atoms with Crippen molar-refractivity contribution in [1.29, 1.82) is 0 Å². The van der Waals surface area contributed by atoms with Crippen LogP contribution in [0, 0.1) is 0 Å². The van der Waals surface area contributed by atoms with E-state index in [-0.39, 0.29) is 11.9 Å². The average molecular weight is 465 g/mol. The Morgan fingerprint density at radius 3 is 2.37 bits per heavy atom. The average Bonchev–Trinajstić information content (AvgIpc) is 2.73. The number of nitrogens with zero attached hydrogens (tertiary/aromatic N) is 1. The van der Waals surface area contributed by atoms with Gasteiger partial charge in [0.1, 0.15) is 0 Å². The van der Waals surface area contributed by atoms with Crippen LogP contribution in [0.5, 0.6) is 0 Å². The van der Waals surface area contributed by atoms with Crippen LogP contribution in [0.1, 0.15) is 60.5 Å². The van der Waals surface area contributed by atoms with Crippen LogP contribution in [0.15, 0.2) is 42.5 Å². The molecule has 0 aliphatic carbocycles. The molecule has 1 atom stereocenters. The Kier molecular flexibility index (Phi) is 8.94. The molecule has 1 fully saturated rings. The number of benzene rings is 2. The minimum Gasteiger partial charge on any atom is -0.349 e. The molecule has 0 saturated carbocycles. The van der Waals surface area contributed by atoms with E-state index in [1.807, 2.05) is 18.9 Å². The van der Waals surface area contributed by atoms with Crippen molar-refractivity contribution < 1.29 is 4.79 Å². The van der Waals surface area contributed by atoms with Crippen LogP contribution in [-0.2, 0) is 6.42 Å². The van der Waals surface area contributed by atoms with E-state index in [2.05, 4.69) is 40.8 Å². The molecule has 1 heterocycles. The molecule has 1 saturated heterocycles. The van der Waals surface area contributed by atoms with Crippen molar-refractivity contribution in [2.75, 3.05) is 18.8 Å². The summed E-state index contributed by atoms with van der Waals surface area (Å²) in [6, 6.07) is 14.0. The third-order valence-corrected chi connectivity index (χ3v) is 7.44. The largest absolute Gasteiger partial charge is 0.349 e. The maximum atomic E-state index is 12.6. The lowest BCUT2D eigenvalue weighted by molar-refractivity contribution is 0.0940. The minimum atomic E-state index is -0.234. The van der Waals surface area contributed by atoms with Gasteiger partial charge in [0.15, 0.2) is 0 Å². The first-order valence-corrected chi connectivity index (χ1v) is 12.4. The second-order valence-corrected chi connectivity index (χ2v) is 9.95. The molecule has 0 radical (unpaired) electrons. The SMILES string of the molecule is CCCSN1CCC(c2ccc(CC(C)NC(=O)c3c(Cl)cccc3Cl)cc2)CC1. The van der Waals surface area contributed by atoms with Crippen LogP contribution in [0.3, 0.4) is 0 Å². The Hall–Kier alpha value is -1.20. The van der Waals surface area contributed by atoms with Crippen LogP contribution in [0.25, 0.3) is 0 Å². The summed E-state index contributed by atoms with van der Waals surface area (Å²) in [6.07, 6.45) is 4.44. The maximum absolute atomic E-state index is 12.6. The van der Waals surface area contributed by atoms with Gasteiger partial charge in [0, 0.05) is 24.9 Å². The van der Waals surface area contributed by atoms with E-state index in [1.165, 1.54) is 49.2 Å². The number of amides is 1. The fourth-order valence-corrected chi connectivity index (χ4v) is 5.36. The van der Waals surface area contributed by atoms with Crippen molar-refractivity contribution in [3.05, 3.63) is 69.2 Å². The Morgan fingerprint density at radius 2 is 1.77 bits per heavy atom. The number of rotatable bonds is 8. The number of carbonyl (C=O) groups is 1. The van der Waals surface area contributed by atoms with Gasteiger partial charge in [-0.3, -0.25) is 9.10 Å². The molecule has 1 aliphatic heterocycles. The van der Waals surface area contributed by atoms with Crippen molar-refractivity contribution in [1.82, 2.24) is 9.62 Å². The molecule has 0 bridgehead atoms. The Bertz CT molecular complexity index is 815. The van der Waals surface area contributed by atoms with Gasteiger partial charge in [-0.25, -0.2) is 0 Å². The van der Waals surface area contributed by atoms with Crippen molar-refractivity contribution in [3.63, 3.8) is 0 Å². The number of nitrogens with one attached hydrogen (secondary N) is 1. The first-order valence-electron chi connectivity index (χ1n) is 10.7. The third-order valence-electron chi connectivity index (χ3n) is 5.49. The molecule has 3 rings (SSSR count). The molecule has 3 nitrogen and oxygen atoms in total. The topological polar surface area (TPSA) is 32.3 Å². The predicted molar refractivity (Wildman–Crippen MR) is 130 cm³/mol. The molecule has 6 heteroatoms. The quantitative estimate of drug-likeness (QED) is 0.446. The molecule has 1 aliphatic rings. The number of piperidine rings is 1. The van der Waals surface area contributed by atoms with E-state index < -0.39 is 0 Å². The van der Waals surface area contributed by atoms with Gasteiger partial charge in [0.05, 0.1) is 15.6 Å². The van der Waals surface area contributed by atoms with E-state index in [0.717, 1.165) is 6.42 Å². The van der Waals surface area contributed by atoms with Gasteiger partial charge in [-0.1, -0.05) is 72.4 Å². The van der Waals surface area contributed by atoms with Gasteiger partial charge in [-0.2, -0.15) is 0 Å². The van der Waals surface area contributed by atoms with Gasteiger partial charge < -0.3 is 5.32 Å². The van der Waals surface area contributed by atoms with Crippen LogP contribution in [-0.4, -0.2) is 35.1 Å². The number of hydrogen-bond donors (Lipinski definition) is 1. The summed E-state index contributed by atoms with van der Waals surface area (Å²) in [4.78, 5) is 12.6. The Morgan fingerprint density at radius 1 is 1.13 bits per heavy atom. The highest BCUT2D eigenvalue weighted by Crippen LogP contribution is 2.31. The molecule has 30 heavy (non-hydrogen) atoms. The van der Waals surface area contributed by atoms with Crippen LogP contribution >= 0.6 is 35.1 Å². The lowest BCUT2D eigenvalue weighted by Crippen LogP contribution is -2.34. The normalized spacial score (nSPS) is 16.4. The van der Waals surface area contributed by atoms with E-state index >= 15 is 0 Å². The van der Waals surface area contributed by atoms with Gasteiger partial charge >= 0.3 is 0 Å². The second-order valence-electron chi connectivity index (χ2n) is 7.95. The van der Waals surface area contributed by atoms with Crippen LogP contribution in [0.4, 0.5) is 0 Å². The maximum Gasteiger partial charge on any atom is 0.254 e. The molecule has 162 valence electrons. The molecule has 0 aromatic heterocycles. The number of halogens is 2. The minimum absolute atomic E-state index is 0.0190. The highest BCUT2D eigenvalue weighted by atomic mass is 35.5. The smallest absolute Gasteiger partial charge is 0.254 e. The summed E-state index contributed by atoms with van der Waals surface area (Å²) in [7, 11) is 0. The van der Waals surface area contributed by atoms with Crippen molar-refractivity contribution in [2.24, 2.45) is 0 Å². The van der Waals surface area contributed by atoms with E-state index in [1.54, 1.807) is 18.2 Å². The van der Waals surface area contributed by atoms with Gasteiger partial charge in [-0.15, -0.1) is 0 Å². The predicted octanol–water partition coefficient (Wildman–Crippen LogP) is 6.59. The molecule has 1 amide bonds. The molecule has 1 unspecified atom stereocenters. The zero-order valence-electron chi connectivity index (χ0n) is 17.7. The monoisotopic (exact) mass is 464 g/mol. The lowest BCUT2D eigenvalue weighted by atomic mass is 9.89. The summed E-state index contributed by atoms with van der Waals surface area (Å²) < 4.78 is 2.52. The van der Waals surface area contributed by atoms with Crippen molar-refractivity contribution in [3.8, 4) is 0 Å². The summed E-state index contributed by atoms with van der Waals surface area (Å²) in [5.74, 6) is 1.64. The zero-order valence-corrected chi connectivity index (χ0v) is 20.0. The summed E-state index contributed by atoms with van der Waals surface area (Å²) in [5, 5.41) is 3.75. The molecule has 0 spiro atoms. The molecule has 2 aromatic carbocycles. The molecule has 1 N–H and O–H groups in total. The van der Waals surface area contributed by atoms with Crippen molar-refractivity contribution >= 4 is 41.1 Å².